The molecule has 0 unspecified atom stereocenters. The van der Waals surface area contributed by atoms with Crippen molar-refractivity contribution in [1.29, 1.82) is 0 Å². The Morgan fingerprint density at radius 1 is 1.00 bits per heavy atom. The van der Waals surface area contributed by atoms with Crippen LogP contribution in [0.2, 0.25) is 5.02 Å². The maximum Gasteiger partial charge on any atom is 0.0648 e. The van der Waals surface area contributed by atoms with Gasteiger partial charge in [0, 0.05) is 10.7 Å². The molecule has 2 rings (SSSR count). The summed E-state index contributed by atoms with van der Waals surface area (Å²) < 4.78 is 0. The van der Waals surface area contributed by atoms with Gasteiger partial charge in [0.05, 0.1) is 11.8 Å². The molecular weight excluding hydrogens is 270 g/mol. The largest absolute Gasteiger partial charge is 0.353 e. The minimum atomic E-state index is 0.828. The van der Waals surface area contributed by atoms with Crippen LogP contribution in [0.4, 0.5) is 5.69 Å². The number of thioether (sulfide) groups is 2. The predicted molar refractivity (Wildman–Crippen MR) is 82.4 cm³/mol. The first-order valence-corrected chi connectivity index (χ1v) is 8.71. The third kappa shape index (κ3) is 4.65. The van der Waals surface area contributed by atoms with Crippen LogP contribution in [0, 0.1) is 0 Å². The van der Waals surface area contributed by atoms with Crippen molar-refractivity contribution in [3.63, 3.8) is 0 Å². The summed E-state index contributed by atoms with van der Waals surface area (Å²) in [6, 6.07) is 8.19. The molecule has 0 radical (unpaired) electrons. The van der Waals surface area contributed by atoms with Crippen molar-refractivity contribution < 1.29 is 0 Å². The average molecular weight is 288 g/mol. The molecule has 4 heteroatoms. The van der Waals surface area contributed by atoms with Crippen molar-refractivity contribution in [2.24, 2.45) is 0 Å². The normalized spacial score (nSPS) is 19.0. The molecule has 0 bridgehead atoms. The van der Waals surface area contributed by atoms with E-state index in [1.54, 1.807) is 0 Å². The highest BCUT2D eigenvalue weighted by Crippen LogP contribution is 2.25. The molecule has 0 amide bonds. The van der Waals surface area contributed by atoms with Gasteiger partial charge in [0.25, 0.3) is 0 Å². The summed E-state index contributed by atoms with van der Waals surface area (Å²) in [5.74, 6) is 4.71. The molecule has 1 saturated heterocycles. The molecular formula is C13H18ClNS2. The van der Waals surface area contributed by atoms with Crippen LogP contribution in [0.25, 0.3) is 0 Å². The number of nitrogens with zero attached hydrogens (tertiary/aromatic N) is 1. The van der Waals surface area contributed by atoms with Crippen LogP contribution < -0.4 is 4.90 Å². The Morgan fingerprint density at radius 3 is 2.35 bits per heavy atom. The van der Waals surface area contributed by atoms with Gasteiger partial charge in [-0.2, -0.15) is 0 Å². The fourth-order valence-electron chi connectivity index (χ4n) is 1.79. The molecule has 0 spiro atoms. The summed E-state index contributed by atoms with van der Waals surface area (Å²) in [5, 5.41) is 0.828. The average Bonchev–Trinajstić information content (AvgIpc) is 2.36. The highest BCUT2D eigenvalue weighted by atomic mass is 35.5. The van der Waals surface area contributed by atoms with E-state index in [4.69, 9.17) is 11.6 Å². The number of rotatable bonds is 1. The van der Waals surface area contributed by atoms with E-state index in [1.807, 2.05) is 35.7 Å². The first-order valence-electron chi connectivity index (χ1n) is 6.02. The lowest BCUT2D eigenvalue weighted by Crippen LogP contribution is -2.23. The van der Waals surface area contributed by atoms with Crippen LogP contribution in [-0.4, -0.2) is 23.3 Å². The van der Waals surface area contributed by atoms with E-state index in [9.17, 15) is 0 Å². The highest BCUT2D eigenvalue weighted by molar-refractivity contribution is 8.00. The van der Waals surface area contributed by atoms with Gasteiger partial charge in [-0.3, -0.25) is 0 Å². The lowest BCUT2D eigenvalue weighted by molar-refractivity contribution is 0.783. The zero-order chi connectivity index (χ0) is 11.9. The van der Waals surface area contributed by atoms with Gasteiger partial charge in [0.15, 0.2) is 0 Å². The third-order valence-corrected chi connectivity index (χ3v) is 5.12. The maximum atomic E-state index is 6.06. The van der Waals surface area contributed by atoms with Crippen molar-refractivity contribution in [1.82, 2.24) is 0 Å². The summed E-state index contributed by atoms with van der Waals surface area (Å²) in [6.07, 6.45) is 4.10. The van der Waals surface area contributed by atoms with Gasteiger partial charge in [-0.15, -0.1) is 23.5 Å². The number of benzene rings is 1. The summed E-state index contributed by atoms with van der Waals surface area (Å²) >= 11 is 10.1. The van der Waals surface area contributed by atoms with Crippen LogP contribution in [0.1, 0.15) is 19.3 Å². The van der Waals surface area contributed by atoms with E-state index in [0.717, 1.165) is 16.8 Å². The predicted octanol–water partition coefficient (Wildman–Crippen LogP) is 4.71. The van der Waals surface area contributed by atoms with Crippen molar-refractivity contribution in [2.75, 3.05) is 28.2 Å². The minimum absolute atomic E-state index is 0.828. The fraction of sp³-hybridized carbons (Fsp3) is 0.538. The first-order chi connectivity index (χ1) is 8.36. The van der Waals surface area contributed by atoms with Crippen molar-refractivity contribution >= 4 is 40.8 Å². The standard InChI is InChI=1S/C13H18ClNS2/c14-12-5-4-6-13(9-12)15-10-16-7-2-1-3-8-17-11-15/h4-6,9H,1-3,7-8,10-11H2. The topological polar surface area (TPSA) is 3.24 Å². The van der Waals surface area contributed by atoms with E-state index < -0.39 is 0 Å². The number of anilines is 1. The van der Waals surface area contributed by atoms with E-state index in [2.05, 4.69) is 17.0 Å². The van der Waals surface area contributed by atoms with Crippen molar-refractivity contribution in [3.8, 4) is 0 Å². The number of hydrogen-bond donors (Lipinski definition) is 0. The quantitative estimate of drug-likeness (QED) is 0.736. The maximum absolute atomic E-state index is 6.06. The molecule has 1 fully saturated rings. The molecule has 0 saturated carbocycles. The molecule has 1 aliphatic rings. The summed E-state index contributed by atoms with van der Waals surface area (Å²) in [6.45, 7) is 0. The number of hydrogen-bond acceptors (Lipinski definition) is 3. The molecule has 1 heterocycles. The Kier molecular flexibility index (Phi) is 5.89. The van der Waals surface area contributed by atoms with Gasteiger partial charge in [-0.25, -0.2) is 0 Å². The molecule has 0 atom stereocenters. The SMILES string of the molecule is Clc1cccc(N2CSCCCCCSC2)c1. The summed E-state index contributed by atoms with van der Waals surface area (Å²) in [5.41, 5.74) is 1.25. The third-order valence-electron chi connectivity index (χ3n) is 2.74. The molecule has 1 aromatic rings. The Balaban J connectivity index is 2.00. The van der Waals surface area contributed by atoms with Gasteiger partial charge in [0.2, 0.25) is 0 Å². The van der Waals surface area contributed by atoms with Gasteiger partial charge in [0.1, 0.15) is 0 Å². The Morgan fingerprint density at radius 2 is 1.71 bits per heavy atom. The lowest BCUT2D eigenvalue weighted by Gasteiger charge is -2.25. The monoisotopic (exact) mass is 287 g/mol. The van der Waals surface area contributed by atoms with E-state index in [0.29, 0.717) is 0 Å². The second kappa shape index (κ2) is 7.45. The van der Waals surface area contributed by atoms with Crippen LogP contribution in [0.3, 0.4) is 0 Å². The molecule has 1 aromatic carbocycles. The van der Waals surface area contributed by atoms with Crippen LogP contribution in [0.5, 0.6) is 0 Å². The Labute approximate surface area is 117 Å². The highest BCUT2D eigenvalue weighted by Gasteiger charge is 2.08. The zero-order valence-corrected chi connectivity index (χ0v) is 12.3. The van der Waals surface area contributed by atoms with Gasteiger partial charge >= 0.3 is 0 Å². The second-order valence-electron chi connectivity index (χ2n) is 4.16. The van der Waals surface area contributed by atoms with Crippen LogP contribution in [0.15, 0.2) is 24.3 Å². The zero-order valence-electron chi connectivity index (χ0n) is 9.90. The van der Waals surface area contributed by atoms with Crippen LogP contribution in [-0.2, 0) is 0 Å². The number of halogens is 1. The van der Waals surface area contributed by atoms with Crippen molar-refractivity contribution in [2.45, 2.75) is 19.3 Å². The van der Waals surface area contributed by atoms with E-state index in [1.165, 1.54) is 36.5 Å². The molecule has 1 aliphatic heterocycles. The molecule has 0 N–H and O–H groups in total. The van der Waals surface area contributed by atoms with E-state index >= 15 is 0 Å². The fourth-order valence-corrected chi connectivity index (χ4v) is 4.09. The lowest BCUT2D eigenvalue weighted by atomic mass is 10.3. The summed E-state index contributed by atoms with van der Waals surface area (Å²) in [7, 11) is 0. The van der Waals surface area contributed by atoms with Gasteiger partial charge < -0.3 is 4.90 Å². The smallest absolute Gasteiger partial charge is 0.0648 e. The Hall–Kier alpha value is 0.01000. The van der Waals surface area contributed by atoms with Gasteiger partial charge in [-0.1, -0.05) is 24.1 Å². The summed E-state index contributed by atoms with van der Waals surface area (Å²) in [4.78, 5) is 2.42. The molecule has 0 aliphatic carbocycles. The van der Waals surface area contributed by atoms with Crippen LogP contribution >= 0.6 is 35.1 Å². The van der Waals surface area contributed by atoms with Crippen molar-refractivity contribution in [3.05, 3.63) is 29.3 Å². The Bertz CT molecular complexity index is 336. The first kappa shape index (κ1) is 13.4. The molecule has 0 aromatic heterocycles. The van der Waals surface area contributed by atoms with E-state index in [-0.39, 0.29) is 0 Å². The second-order valence-corrected chi connectivity index (χ2v) is 6.74. The minimum Gasteiger partial charge on any atom is -0.353 e. The molecule has 17 heavy (non-hydrogen) atoms. The molecule has 1 nitrogen and oxygen atoms in total. The van der Waals surface area contributed by atoms with Gasteiger partial charge in [-0.05, 0) is 42.5 Å². The molecule has 94 valence electrons.